The van der Waals surface area contributed by atoms with Gasteiger partial charge in [-0.05, 0) is 19.1 Å². The molecule has 7 heteroatoms. The summed E-state index contributed by atoms with van der Waals surface area (Å²) >= 11 is 0. The van der Waals surface area contributed by atoms with Crippen LogP contribution >= 0.6 is 0 Å². The first-order valence-corrected chi connectivity index (χ1v) is 6.29. The van der Waals surface area contributed by atoms with E-state index in [1.165, 1.54) is 12.1 Å². The molecule has 16 heavy (non-hydrogen) atoms. The van der Waals surface area contributed by atoms with Gasteiger partial charge in [-0.3, -0.25) is 0 Å². The fourth-order valence-electron chi connectivity index (χ4n) is 1.07. The molecular weight excluding hydrogens is 229 g/mol. The van der Waals surface area contributed by atoms with Gasteiger partial charge in [-0.15, -0.1) is 0 Å². The first-order valence-electron chi connectivity index (χ1n) is 4.81. The molecule has 0 aromatic heterocycles. The van der Waals surface area contributed by atoms with E-state index in [2.05, 4.69) is 4.72 Å². The Morgan fingerprint density at radius 3 is 2.38 bits per heavy atom. The van der Waals surface area contributed by atoms with Crippen LogP contribution in [0.25, 0.3) is 0 Å². The van der Waals surface area contributed by atoms with E-state index in [1.807, 2.05) is 6.92 Å². The van der Waals surface area contributed by atoms with Crippen molar-refractivity contribution < 1.29 is 18.5 Å². The highest BCUT2D eigenvalue weighted by Crippen LogP contribution is 2.09. The Morgan fingerprint density at radius 1 is 1.31 bits per heavy atom. The largest absolute Gasteiger partial charge is 0.448 e. The number of aliphatic hydroxyl groups excluding tert-OH is 1. The minimum absolute atomic E-state index is 0.142. The highest BCUT2D eigenvalue weighted by atomic mass is 32.2. The fourth-order valence-corrected chi connectivity index (χ4v) is 2.14. The van der Waals surface area contributed by atoms with Crippen molar-refractivity contribution >= 4 is 16.9 Å². The third-order valence-corrected chi connectivity index (χ3v) is 3.49. The number of rotatable bonds is 5. The Morgan fingerprint density at radius 2 is 1.88 bits per heavy atom. The molecule has 0 radical (unpaired) electrons. The first kappa shape index (κ1) is 13.2. The molecule has 1 aromatic carbocycles. The van der Waals surface area contributed by atoms with Crippen molar-refractivity contribution in [3.63, 3.8) is 0 Å². The summed E-state index contributed by atoms with van der Waals surface area (Å²) in [5.74, 6) is 0. The zero-order valence-electron chi connectivity index (χ0n) is 8.92. The van der Waals surface area contributed by atoms with Gasteiger partial charge in [0.15, 0.2) is 0 Å². The lowest BCUT2D eigenvalue weighted by atomic mass is 9.71. The molecular formula is C9H14BNO4S. The molecule has 0 saturated heterocycles. The second-order valence-electron chi connectivity index (χ2n) is 3.50. The number of benzene rings is 1. The molecule has 0 bridgehead atoms. The molecule has 0 aliphatic heterocycles. The lowest BCUT2D eigenvalue weighted by molar-refractivity contribution is 0.338. The number of sulfonamides is 1. The number of hydrogen-bond acceptors (Lipinski definition) is 4. The number of aryl methyl sites for hydroxylation is 1. The minimum Gasteiger partial charge on any atom is -0.448 e. The molecule has 88 valence electrons. The molecule has 0 aliphatic rings. The van der Waals surface area contributed by atoms with Crippen LogP contribution in [0.2, 0.25) is 0 Å². The third-order valence-electron chi connectivity index (χ3n) is 2.05. The maximum atomic E-state index is 11.7. The average molecular weight is 243 g/mol. The second-order valence-corrected chi connectivity index (χ2v) is 5.27. The molecule has 0 unspecified atom stereocenters. The highest BCUT2D eigenvalue weighted by Gasteiger charge is 2.17. The first-order chi connectivity index (χ1) is 7.45. The van der Waals surface area contributed by atoms with Gasteiger partial charge in [-0.25, -0.2) is 13.1 Å². The molecule has 1 aromatic rings. The lowest BCUT2D eigenvalue weighted by Gasteiger charge is -2.07. The van der Waals surface area contributed by atoms with Crippen LogP contribution in [0.4, 0.5) is 0 Å². The smallest absolute Gasteiger partial charge is 0.331 e. The van der Waals surface area contributed by atoms with E-state index in [4.69, 9.17) is 10.1 Å². The Balaban J connectivity index is 2.74. The monoisotopic (exact) mass is 243 g/mol. The van der Waals surface area contributed by atoms with Crippen molar-refractivity contribution in [1.82, 2.24) is 4.72 Å². The van der Waals surface area contributed by atoms with Crippen LogP contribution in [0, 0.1) is 6.92 Å². The summed E-state index contributed by atoms with van der Waals surface area (Å²) in [5.41, 5.74) is 0.967. The van der Waals surface area contributed by atoms with Gasteiger partial charge in [-0.2, -0.15) is 0 Å². The zero-order valence-corrected chi connectivity index (χ0v) is 9.74. The molecule has 0 aliphatic carbocycles. The quantitative estimate of drug-likeness (QED) is 0.598. The topological polar surface area (TPSA) is 86.6 Å². The van der Waals surface area contributed by atoms with Gasteiger partial charge in [0.25, 0.3) is 0 Å². The van der Waals surface area contributed by atoms with Crippen LogP contribution in [0.15, 0.2) is 29.2 Å². The second kappa shape index (κ2) is 5.45. The van der Waals surface area contributed by atoms with Crippen LogP contribution in [0.3, 0.4) is 0 Å². The van der Waals surface area contributed by atoms with Crippen molar-refractivity contribution in [2.75, 3.05) is 13.0 Å². The van der Waals surface area contributed by atoms with Crippen molar-refractivity contribution in [2.24, 2.45) is 0 Å². The standard InChI is InChI=1S/C9H14BNO4S/c1-8-2-4-9(5-3-8)16(14,15)11-6-10(13)7-12/h2-5,11-13H,6-7H2,1H3. The predicted molar refractivity (Wildman–Crippen MR) is 61.4 cm³/mol. The summed E-state index contributed by atoms with van der Waals surface area (Å²) in [7, 11) is -3.60. The van der Waals surface area contributed by atoms with E-state index in [-0.39, 0.29) is 11.3 Å². The van der Waals surface area contributed by atoms with Crippen molar-refractivity contribution in [2.45, 2.75) is 11.8 Å². The number of aliphatic hydroxyl groups is 1. The maximum absolute atomic E-state index is 11.7. The number of nitrogens with one attached hydrogen (secondary N) is 1. The van der Waals surface area contributed by atoms with Gasteiger partial charge in [-0.1, -0.05) is 17.7 Å². The van der Waals surface area contributed by atoms with Crippen LogP contribution in [-0.2, 0) is 10.0 Å². The molecule has 1 rings (SSSR count). The zero-order chi connectivity index (χ0) is 12.2. The van der Waals surface area contributed by atoms with Crippen molar-refractivity contribution in [3.05, 3.63) is 29.8 Å². The number of hydrogen-bond donors (Lipinski definition) is 3. The van der Waals surface area contributed by atoms with Crippen molar-refractivity contribution in [1.29, 1.82) is 0 Å². The Labute approximate surface area is 95.3 Å². The van der Waals surface area contributed by atoms with Crippen LogP contribution < -0.4 is 4.72 Å². The molecule has 3 N–H and O–H groups in total. The SMILES string of the molecule is Cc1ccc(S(=O)(=O)NCB(O)CO)cc1. The molecule has 0 spiro atoms. The van der Waals surface area contributed by atoms with E-state index < -0.39 is 23.4 Å². The Hall–Kier alpha value is -0.885. The van der Waals surface area contributed by atoms with E-state index in [1.54, 1.807) is 12.1 Å². The Kier molecular flexibility index (Phi) is 4.49. The molecule has 0 saturated carbocycles. The van der Waals surface area contributed by atoms with Gasteiger partial charge in [0.2, 0.25) is 10.0 Å². The lowest BCUT2D eigenvalue weighted by Crippen LogP contribution is -2.37. The van der Waals surface area contributed by atoms with Crippen LogP contribution in [0.1, 0.15) is 5.56 Å². The minimum atomic E-state index is -3.60. The molecule has 5 nitrogen and oxygen atoms in total. The van der Waals surface area contributed by atoms with Crippen LogP contribution in [-0.4, -0.2) is 38.4 Å². The molecule has 0 atom stereocenters. The van der Waals surface area contributed by atoms with Gasteiger partial charge in [0.05, 0.1) is 11.4 Å². The van der Waals surface area contributed by atoms with Gasteiger partial charge >= 0.3 is 6.92 Å². The molecule has 0 fully saturated rings. The Bertz CT molecular complexity index is 431. The van der Waals surface area contributed by atoms with Gasteiger partial charge < -0.3 is 10.1 Å². The summed E-state index contributed by atoms with van der Waals surface area (Å²) in [6, 6.07) is 6.36. The summed E-state index contributed by atoms with van der Waals surface area (Å²) < 4.78 is 25.5. The maximum Gasteiger partial charge on any atom is 0.331 e. The van der Waals surface area contributed by atoms with E-state index in [9.17, 15) is 8.42 Å². The normalized spacial score (nSPS) is 11.4. The summed E-state index contributed by atoms with van der Waals surface area (Å²) in [5, 5.41) is 17.6. The summed E-state index contributed by atoms with van der Waals surface area (Å²) in [4.78, 5) is 0.142. The summed E-state index contributed by atoms with van der Waals surface area (Å²) in [6.45, 7) is 0.302. The van der Waals surface area contributed by atoms with Crippen LogP contribution in [0.5, 0.6) is 0 Å². The third kappa shape index (κ3) is 3.60. The predicted octanol–water partition coefficient (Wildman–Crippen LogP) is -0.672. The average Bonchev–Trinajstić information content (AvgIpc) is 2.26. The highest BCUT2D eigenvalue weighted by molar-refractivity contribution is 7.89. The fraction of sp³-hybridized carbons (Fsp3) is 0.333. The van der Waals surface area contributed by atoms with E-state index in [0.29, 0.717) is 0 Å². The van der Waals surface area contributed by atoms with Gasteiger partial charge in [0.1, 0.15) is 0 Å². The van der Waals surface area contributed by atoms with E-state index in [0.717, 1.165) is 5.56 Å². The molecule has 0 amide bonds. The summed E-state index contributed by atoms with van der Waals surface area (Å²) in [6.07, 6.45) is -0.202. The van der Waals surface area contributed by atoms with Gasteiger partial charge in [0, 0.05) is 6.44 Å². The van der Waals surface area contributed by atoms with Crippen molar-refractivity contribution in [3.8, 4) is 0 Å². The molecule has 0 heterocycles. The van der Waals surface area contributed by atoms with E-state index >= 15 is 0 Å².